The number of carbonyl (C=O) groups excluding carboxylic acids is 2. The van der Waals surface area contributed by atoms with E-state index >= 15 is 0 Å². The van der Waals surface area contributed by atoms with E-state index in [1.54, 1.807) is 36.4 Å². The smallest absolute Gasteiger partial charge is 0.150 e. The first-order chi connectivity index (χ1) is 8.65. The van der Waals surface area contributed by atoms with E-state index in [9.17, 15) is 9.59 Å². The van der Waals surface area contributed by atoms with Crippen LogP contribution in [-0.2, 0) is 0 Å². The normalized spacial score (nSPS) is 9.00. The Kier molecular flexibility index (Phi) is 6.33. The molecule has 0 N–H and O–H groups in total. The molecule has 2 rings (SSSR count). The Bertz CT molecular complexity index is 524. The minimum atomic E-state index is 0.597. The third-order valence-corrected chi connectivity index (χ3v) is 2.75. The molecule has 2 aromatic rings. The van der Waals surface area contributed by atoms with Gasteiger partial charge in [0.1, 0.15) is 12.6 Å². The molecular formula is C14H10BrClO2. The molecule has 0 aliphatic heterocycles. The van der Waals surface area contributed by atoms with Crippen molar-refractivity contribution in [2.24, 2.45) is 0 Å². The predicted octanol–water partition coefficient (Wildman–Crippen LogP) is 4.41. The number of carbonyl (C=O) groups is 2. The first kappa shape index (κ1) is 14.6. The molecule has 0 aliphatic rings. The molecule has 2 nitrogen and oxygen atoms in total. The fourth-order valence-corrected chi connectivity index (χ4v) is 1.58. The third-order valence-electron chi connectivity index (χ3n) is 1.99. The van der Waals surface area contributed by atoms with E-state index in [1.165, 1.54) is 0 Å². The average Bonchev–Trinajstić information content (AvgIpc) is 2.40. The summed E-state index contributed by atoms with van der Waals surface area (Å²) in [6.45, 7) is 0. The highest BCUT2D eigenvalue weighted by Gasteiger charge is 1.88. The highest BCUT2D eigenvalue weighted by atomic mass is 79.9. The van der Waals surface area contributed by atoms with E-state index in [-0.39, 0.29) is 0 Å². The van der Waals surface area contributed by atoms with Crippen LogP contribution in [0.15, 0.2) is 53.0 Å². The van der Waals surface area contributed by atoms with Crippen LogP contribution in [0.25, 0.3) is 0 Å². The summed E-state index contributed by atoms with van der Waals surface area (Å²) in [6.07, 6.45) is 1.60. The second kappa shape index (κ2) is 7.80. The Morgan fingerprint density at radius 2 is 1.50 bits per heavy atom. The number of rotatable bonds is 2. The molecule has 0 heterocycles. The molecule has 0 fully saturated rings. The van der Waals surface area contributed by atoms with Gasteiger partial charge in [-0.1, -0.05) is 51.8 Å². The van der Waals surface area contributed by atoms with E-state index in [2.05, 4.69) is 15.9 Å². The van der Waals surface area contributed by atoms with Crippen molar-refractivity contribution in [2.75, 3.05) is 0 Å². The third kappa shape index (κ3) is 5.25. The molecule has 2 aromatic carbocycles. The summed E-state index contributed by atoms with van der Waals surface area (Å²) >= 11 is 8.82. The number of hydrogen-bond acceptors (Lipinski definition) is 2. The molecule has 0 amide bonds. The van der Waals surface area contributed by atoms with Crippen molar-refractivity contribution in [3.8, 4) is 0 Å². The summed E-state index contributed by atoms with van der Waals surface area (Å²) in [5.74, 6) is 0. The van der Waals surface area contributed by atoms with Gasteiger partial charge in [-0.05, 0) is 24.3 Å². The zero-order valence-electron chi connectivity index (χ0n) is 9.35. The number of halogens is 2. The zero-order chi connectivity index (χ0) is 13.4. The van der Waals surface area contributed by atoms with Crippen molar-refractivity contribution in [1.82, 2.24) is 0 Å². The van der Waals surface area contributed by atoms with Crippen molar-refractivity contribution in [3.05, 3.63) is 69.2 Å². The van der Waals surface area contributed by atoms with Crippen LogP contribution >= 0.6 is 27.5 Å². The van der Waals surface area contributed by atoms with Crippen LogP contribution in [0.2, 0.25) is 5.02 Å². The maximum Gasteiger partial charge on any atom is 0.150 e. The van der Waals surface area contributed by atoms with Crippen LogP contribution < -0.4 is 0 Å². The second-order valence-corrected chi connectivity index (χ2v) is 4.69. The quantitative estimate of drug-likeness (QED) is 0.766. The van der Waals surface area contributed by atoms with Crippen LogP contribution in [0.5, 0.6) is 0 Å². The van der Waals surface area contributed by atoms with Crippen molar-refractivity contribution < 1.29 is 9.59 Å². The van der Waals surface area contributed by atoms with Gasteiger partial charge < -0.3 is 0 Å². The summed E-state index contributed by atoms with van der Waals surface area (Å²) in [6, 6.07) is 14.0. The predicted molar refractivity (Wildman–Crippen MR) is 76.4 cm³/mol. The van der Waals surface area contributed by atoms with Crippen molar-refractivity contribution in [2.45, 2.75) is 0 Å². The topological polar surface area (TPSA) is 34.1 Å². The van der Waals surface area contributed by atoms with Crippen molar-refractivity contribution >= 4 is 40.1 Å². The van der Waals surface area contributed by atoms with Crippen LogP contribution in [0.3, 0.4) is 0 Å². The van der Waals surface area contributed by atoms with E-state index in [0.717, 1.165) is 17.0 Å². The molecule has 0 aliphatic carbocycles. The van der Waals surface area contributed by atoms with Gasteiger partial charge in [0.05, 0.1) is 0 Å². The van der Waals surface area contributed by atoms with Crippen molar-refractivity contribution in [3.63, 3.8) is 0 Å². The fourth-order valence-electron chi connectivity index (χ4n) is 1.12. The van der Waals surface area contributed by atoms with Crippen LogP contribution in [0.1, 0.15) is 20.7 Å². The molecule has 0 radical (unpaired) electrons. The summed E-state index contributed by atoms with van der Waals surface area (Å²) < 4.78 is 0.994. The molecule has 18 heavy (non-hydrogen) atoms. The lowest BCUT2D eigenvalue weighted by Crippen LogP contribution is -1.75. The lowest BCUT2D eigenvalue weighted by Gasteiger charge is -1.88. The SMILES string of the molecule is O=Cc1ccc(Br)cc1.O=Cc1cccc(Cl)c1. The highest BCUT2D eigenvalue weighted by molar-refractivity contribution is 9.10. The summed E-state index contributed by atoms with van der Waals surface area (Å²) in [7, 11) is 0. The highest BCUT2D eigenvalue weighted by Crippen LogP contribution is 2.09. The maximum absolute atomic E-state index is 10.1. The average molecular weight is 326 g/mol. The molecule has 4 heteroatoms. The first-order valence-electron chi connectivity index (χ1n) is 5.07. The molecule has 92 valence electrons. The minimum Gasteiger partial charge on any atom is -0.298 e. The second-order valence-electron chi connectivity index (χ2n) is 3.34. The molecule has 0 aromatic heterocycles. The summed E-state index contributed by atoms with van der Waals surface area (Å²) in [5.41, 5.74) is 1.32. The molecule has 0 saturated heterocycles. The van der Waals surface area contributed by atoms with Crippen LogP contribution in [-0.4, -0.2) is 12.6 Å². The minimum absolute atomic E-state index is 0.597. The van der Waals surface area contributed by atoms with Gasteiger partial charge in [0.25, 0.3) is 0 Å². The Morgan fingerprint density at radius 3 is 1.94 bits per heavy atom. The zero-order valence-corrected chi connectivity index (χ0v) is 11.7. The van der Waals surface area contributed by atoms with Gasteiger partial charge >= 0.3 is 0 Å². The monoisotopic (exact) mass is 324 g/mol. The Labute approximate surface area is 119 Å². The molecule has 0 bridgehead atoms. The largest absolute Gasteiger partial charge is 0.298 e. The number of benzene rings is 2. The molecule has 0 atom stereocenters. The fraction of sp³-hybridized carbons (Fsp3) is 0. The van der Waals surface area contributed by atoms with Gasteiger partial charge in [-0.2, -0.15) is 0 Å². The Hall–Kier alpha value is -1.45. The lowest BCUT2D eigenvalue weighted by molar-refractivity contribution is 0.111. The van der Waals surface area contributed by atoms with Crippen LogP contribution in [0.4, 0.5) is 0 Å². The Balaban J connectivity index is 0.000000180. The van der Waals surface area contributed by atoms with Gasteiger partial charge in [-0.3, -0.25) is 9.59 Å². The molecule has 0 unspecified atom stereocenters. The van der Waals surface area contributed by atoms with E-state index in [1.807, 2.05) is 12.1 Å². The van der Waals surface area contributed by atoms with E-state index in [0.29, 0.717) is 16.1 Å². The molecule has 0 saturated carbocycles. The van der Waals surface area contributed by atoms with Crippen molar-refractivity contribution in [1.29, 1.82) is 0 Å². The molecule has 0 spiro atoms. The summed E-state index contributed by atoms with van der Waals surface area (Å²) in [5, 5.41) is 0.597. The van der Waals surface area contributed by atoms with Crippen LogP contribution in [0, 0.1) is 0 Å². The maximum atomic E-state index is 10.1. The molecular weight excluding hydrogens is 316 g/mol. The van der Waals surface area contributed by atoms with Gasteiger partial charge in [0, 0.05) is 20.6 Å². The van der Waals surface area contributed by atoms with Gasteiger partial charge in [0.2, 0.25) is 0 Å². The lowest BCUT2D eigenvalue weighted by atomic mass is 10.2. The van der Waals surface area contributed by atoms with E-state index in [4.69, 9.17) is 11.6 Å². The van der Waals surface area contributed by atoms with E-state index < -0.39 is 0 Å². The van der Waals surface area contributed by atoms with Gasteiger partial charge in [-0.15, -0.1) is 0 Å². The number of aldehydes is 2. The standard InChI is InChI=1S/C7H5BrO.C7H5ClO/c8-7-3-1-6(5-9)2-4-7;8-7-3-1-2-6(4-7)5-9/h2*1-5H. The van der Waals surface area contributed by atoms with Gasteiger partial charge in [-0.25, -0.2) is 0 Å². The van der Waals surface area contributed by atoms with Gasteiger partial charge in [0.15, 0.2) is 0 Å². The first-order valence-corrected chi connectivity index (χ1v) is 6.24. The Morgan fingerprint density at radius 1 is 0.889 bits per heavy atom. The number of hydrogen-bond donors (Lipinski definition) is 0. The summed E-state index contributed by atoms with van der Waals surface area (Å²) in [4.78, 5) is 20.2.